The number of nitrogens with zero attached hydrogens (tertiary/aromatic N) is 1. The van der Waals surface area contributed by atoms with E-state index in [1.807, 2.05) is 0 Å². The second kappa shape index (κ2) is 8.12. The molecule has 1 atom stereocenters. The maximum absolute atomic E-state index is 3.48. The van der Waals surface area contributed by atoms with Crippen LogP contribution in [0.15, 0.2) is 0 Å². The van der Waals surface area contributed by atoms with Gasteiger partial charge in [0.05, 0.1) is 0 Å². The van der Waals surface area contributed by atoms with Gasteiger partial charge >= 0.3 is 0 Å². The third-order valence-corrected chi connectivity index (χ3v) is 3.08. The molecule has 0 aromatic carbocycles. The maximum atomic E-state index is 3.48. The molecule has 0 aromatic rings. The van der Waals surface area contributed by atoms with E-state index in [4.69, 9.17) is 0 Å². The molecule has 0 heterocycles. The van der Waals surface area contributed by atoms with Gasteiger partial charge in [-0.1, -0.05) is 27.7 Å². The number of rotatable bonds is 8. The zero-order valence-electron chi connectivity index (χ0n) is 11.5. The van der Waals surface area contributed by atoms with Crippen LogP contribution in [0.5, 0.6) is 0 Å². The zero-order chi connectivity index (χ0) is 11.8. The minimum absolute atomic E-state index is 0.690. The molecule has 1 unspecified atom stereocenters. The van der Waals surface area contributed by atoms with E-state index < -0.39 is 0 Å². The fraction of sp³-hybridized carbons (Fsp3) is 1.00. The minimum atomic E-state index is 0.690. The highest BCUT2D eigenvalue weighted by Gasteiger charge is 2.11. The van der Waals surface area contributed by atoms with Crippen LogP contribution in [0.4, 0.5) is 0 Å². The molecule has 0 saturated carbocycles. The first kappa shape index (κ1) is 14.9. The molecule has 0 fully saturated rings. The lowest BCUT2D eigenvalue weighted by Crippen LogP contribution is -2.35. The Morgan fingerprint density at radius 1 is 1.07 bits per heavy atom. The molecule has 1 N–H and O–H groups in total. The number of hydrogen-bond donors (Lipinski definition) is 1. The summed E-state index contributed by atoms with van der Waals surface area (Å²) >= 11 is 0. The van der Waals surface area contributed by atoms with Gasteiger partial charge in [-0.2, -0.15) is 0 Å². The van der Waals surface area contributed by atoms with Gasteiger partial charge in [0.25, 0.3) is 0 Å². The van der Waals surface area contributed by atoms with Crippen molar-refractivity contribution in [3.63, 3.8) is 0 Å². The molecule has 0 bridgehead atoms. The van der Waals surface area contributed by atoms with Gasteiger partial charge in [0.2, 0.25) is 0 Å². The average Bonchev–Trinajstić information content (AvgIpc) is 2.15. The van der Waals surface area contributed by atoms with Crippen molar-refractivity contribution < 1.29 is 0 Å². The summed E-state index contributed by atoms with van der Waals surface area (Å²) in [6, 6.07) is 0.690. The van der Waals surface area contributed by atoms with Crippen LogP contribution >= 0.6 is 0 Å². The Balaban J connectivity index is 3.42. The van der Waals surface area contributed by atoms with E-state index >= 15 is 0 Å². The first-order valence-corrected chi connectivity index (χ1v) is 6.36. The van der Waals surface area contributed by atoms with Gasteiger partial charge < -0.3 is 10.2 Å². The molecule has 0 rings (SSSR count). The summed E-state index contributed by atoms with van der Waals surface area (Å²) in [7, 11) is 2.23. The maximum Gasteiger partial charge on any atom is 0.00868 e. The van der Waals surface area contributed by atoms with E-state index in [1.54, 1.807) is 0 Å². The van der Waals surface area contributed by atoms with Crippen LogP contribution in [0.25, 0.3) is 0 Å². The van der Waals surface area contributed by atoms with Crippen molar-refractivity contribution in [2.75, 3.05) is 26.7 Å². The summed E-state index contributed by atoms with van der Waals surface area (Å²) in [5.41, 5.74) is 0. The van der Waals surface area contributed by atoms with Gasteiger partial charge in [-0.15, -0.1) is 0 Å². The Hall–Kier alpha value is -0.0800. The molecule has 0 saturated heterocycles. The zero-order valence-corrected chi connectivity index (χ0v) is 11.5. The predicted molar refractivity (Wildman–Crippen MR) is 69.3 cm³/mol. The SMILES string of the molecule is CC(C)CNCCCN(C)C(C)C(C)C. The molecule has 2 heteroatoms. The normalized spacial score (nSPS) is 14.2. The van der Waals surface area contributed by atoms with Crippen LogP contribution in [0.1, 0.15) is 41.0 Å². The van der Waals surface area contributed by atoms with Gasteiger partial charge in [0.1, 0.15) is 0 Å². The summed E-state index contributed by atoms with van der Waals surface area (Å²) in [5, 5.41) is 3.48. The van der Waals surface area contributed by atoms with Gasteiger partial charge in [-0.25, -0.2) is 0 Å². The first-order valence-electron chi connectivity index (χ1n) is 6.36. The third kappa shape index (κ3) is 7.80. The Morgan fingerprint density at radius 3 is 2.13 bits per heavy atom. The Morgan fingerprint density at radius 2 is 1.67 bits per heavy atom. The van der Waals surface area contributed by atoms with Crippen LogP contribution in [0.3, 0.4) is 0 Å². The van der Waals surface area contributed by atoms with Crippen LogP contribution < -0.4 is 5.32 Å². The van der Waals surface area contributed by atoms with E-state index in [0.29, 0.717) is 6.04 Å². The van der Waals surface area contributed by atoms with Crippen molar-refractivity contribution in [3.8, 4) is 0 Å². The van der Waals surface area contributed by atoms with Gasteiger partial charge in [-0.3, -0.25) is 0 Å². The van der Waals surface area contributed by atoms with Crippen molar-refractivity contribution in [2.24, 2.45) is 11.8 Å². The molecule has 0 radical (unpaired) electrons. The molecule has 15 heavy (non-hydrogen) atoms. The summed E-state index contributed by atoms with van der Waals surface area (Å²) in [6.07, 6.45) is 1.25. The van der Waals surface area contributed by atoms with Crippen molar-refractivity contribution in [2.45, 2.75) is 47.1 Å². The molecule has 2 nitrogen and oxygen atoms in total. The second-order valence-electron chi connectivity index (χ2n) is 5.42. The van der Waals surface area contributed by atoms with Crippen molar-refractivity contribution in [3.05, 3.63) is 0 Å². The quantitative estimate of drug-likeness (QED) is 0.625. The third-order valence-electron chi connectivity index (χ3n) is 3.08. The molecule has 0 aliphatic heterocycles. The molecular formula is C13H30N2. The summed E-state index contributed by atoms with van der Waals surface area (Å²) in [4.78, 5) is 2.46. The summed E-state index contributed by atoms with van der Waals surface area (Å²) in [5.74, 6) is 1.51. The van der Waals surface area contributed by atoms with Crippen LogP contribution in [0.2, 0.25) is 0 Å². The van der Waals surface area contributed by atoms with Crippen molar-refractivity contribution in [1.82, 2.24) is 10.2 Å². The van der Waals surface area contributed by atoms with E-state index in [1.165, 1.54) is 13.0 Å². The Kier molecular flexibility index (Phi) is 8.07. The smallest absolute Gasteiger partial charge is 0.00868 e. The number of nitrogens with one attached hydrogen (secondary N) is 1. The van der Waals surface area contributed by atoms with Gasteiger partial charge in [0.15, 0.2) is 0 Å². The topological polar surface area (TPSA) is 15.3 Å². The lowest BCUT2D eigenvalue weighted by Gasteiger charge is -2.27. The molecule has 92 valence electrons. The fourth-order valence-corrected chi connectivity index (χ4v) is 1.56. The van der Waals surface area contributed by atoms with E-state index in [-0.39, 0.29) is 0 Å². The highest BCUT2D eigenvalue weighted by molar-refractivity contribution is 4.67. The van der Waals surface area contributed by atoms with E-state index in [0.717, 1.165) is 24.9 Å². The largest absolute Gasteiger partial charge is 0.316 e. The minimum Gasteiger partial charge on any atom is -0.316 e. The molecule has 0 amide bonds. The van der Waals surface area contributed by atoms with Crippen LogP contribution in [-0.2, 0) is 0 Å². The molecule has 0 aliphatic rings. The lowest BCUT2D eigenvalue weighted by molar-refractivity contribution is 0.205. The van der Waals surface area contributed by atoms with Crippen LogP contribution in [0, 0.1) is 11.8 Å². The average molecular weight is 214 g/mol. The molecule has 0 aliphatic carbocycles. The highest BCUT2D eigenvalue weighted by atomic mass is 15.1. The Bertz CT molecular complexity index is 143. The predicted octanol–water partition coefficient (Wildman–Crippen LogP) is 2.60. The van der Waals surface area contributed by atoms with E-state index in [2.05, 4.69) is 51.9 Å². The summed E-state index contributed by atoms with van der Waals surface area (Å²) in [6.45, 7) is 14.9. The lowest BCUT2D eigenvalue weighted by atomic mass is 10.1. The van der Waals surface area contributed by atoms with Crippen LogP contribution in [-0.4, -0.2) is 37.6 Å². The van der Waals surface area contributed by atoms with Crippen molar-refractivity contribution >= 4 is 0 Å². The van der Waals surface area contributed by atoms with Gasteiger partial charge in [-0.05, 0) is 51.9 Å². The molecular weight excluding hydrogens is 184 g/mol. The monoisotopic (exact) mass is 214 g/mol. The van der Waals surface area contributed by atoms with Gasteiger partial charge in [0, 0.05) is 6.04 Å². The Labute approximate surface area is 96.4 Å². The molecule has 0 aromatic heterocycles. The first-order chi connectivity index (χ1) is 6.95. The highest BCUT2D eigenvalue weighted by Crippen LogP contribution is 2.07. The number of hydrogen-bond acceptors (Lipinski definition) is 2. The second-order valence-corrected chi connectivity index (χ2v) is 5.42. The van der Waals surface area contributed by atoms with Crippen molar-refractivity contribution in [1.29, 1.82) is 0 Å². The van der Waals surface area contributed by atoms with E-state index in [9.17, 15) is 0 Å². The summed E-state index contributed by atoms with van der Waals surface area (Å²) < 4.78 is 0. The molecule has 0 spiro atoms. The fourth-order valence-electron chi connectivity index (χ4n) is 1.56. The standard InChI is InChI=1S/C13H30N2/c1-11(2)10-14-8-7-9-15(6)13(5)12(3)4/h11-14H,7-10H2,1-6H3.